The van der Waals surface area contributed by atoms with Gasteiger partial charge in [0, 0.05) is 5.02 Å². The number of hydrogen-bond acceptors (Lipinski definition) is 3. The quantitative estimate of drug-likeness (QED) is 0.609. The Balaban J connectivity index is 3.00. The first kappa shape index (κ1) is 14.7. The molecule has 0 fully saturated rings. The van der Waals surface area contributed by atoms with Gasteiger partial charge in [0.05, 0.1) is 6.61 Å². The fourth-order valence-electron chi connectivity index (χ4n) is 1.69. The molecular formula is C14H17ClO3. The molecule has 0 saturated heterocycles. The lowest BCUT2D eigenvalue weighted by atomic mass is 9.80. The molecule has 0 bridgehead atoms. The summed E-state index contributed by atoms with van der Waals surface area (Å²) in [6.07, 6.45) is 0.293. The van der Waals surface area contributed by atoms with Crippen molar-refractivity contribution < 1.29 is 14.3 Å². The molecule has 1 aromatic carbocycles. The average Bonchev–Trinajstić information content (AvgIpc) is 2.28. The van der Waals surface area contributed by atoms with Crippen molar-refractivity contribution in [1.29, 1.82) is 0 Å². The smallest absolute Gasteiger partial charge is 0.319 e. The first-order chi connectivity index (χ1) is 8.40. The van der Waals surface area contributed by atoms with Gasteiger partial charge in [-0.2, -0.15) is 0 Å². The second-order valence-electron chi connectivity index (χ2n) is 4.42. The van der Waals surface area contributed by atoms with E-state index in [9.17, 15) is 9.59 Å². The topological polar surface area (TPSA) is 43.4 Å². The van der Waals surface area contributed by atoms with Crippen LogP contribution in [-0.2, 0) is 20.7 Å². The second-order valence-corrected chi connectivity index (χ2v) is 4.85. The molecule has 0 aliphatic rings. The van der Waals surface area contributed by atoms with E-state index in [4.69, 9.17) is 16.3 Å². The van der Waals surface area contributed by atoms with Gasteiger partial charge in [-0.3, -0.25) is 9.59 Å². The summed E-state index contributed by atoms with van der Waals surface area (Å²) in [5.74, 6) is -0.696. The lowest BCUT2D eigenvalue weighted by molar-refractivity contribution is -0.158. The Morgan fingerprint density at radius 1 is 1.39 bits per heavy atom. The van der Waals surface area contributed by atoms with Gasteiger partial charge < -0.3 is 4.74 Å². The van der Waals surface area contributed by atoms with Crippen LogP contribution in [0.1, 0.15) is 26.3 Å². The SMILES string of the molecule is CCOC(=O)C(C)(Cc1cccc(Cl)c1)C(C)=O. The van der Waals surface area contributed by atoms with Crippen LogP contribution >= 0.6 is 11.6 Å². The van der Waals surface area contributed by atoms with E-state index in [1.54, 1.807) is 32.0 Å². The zero-order chi connectivity index (χ0) is 13.8. The molecule has 0 aliphatic heterocycles. The highest BCUT2D eigenvalue weighted by Gasteiger charge is 2.39. The van der Waals surface area contributed by atoms with Crippen LogP contribution < -0.4 is 0 Å². The van der Waals surface area contributed by atoms with E-state index in [1.807, 2.05) is 6.07 Å². The summed E-state index contributed by atoms with van der Waals surface area (Å²) in [5.41, 5.74) is -0.311. The standard InChI is InChI=1S/C14H17ClO3/c1-4-18-13(17)14(3,10(2)16)9-11-6-5-7-12(15)8-11/h5-8H,4,9H2,1-3H3. The van der Waals surface area contributed by atoms with E-state index in [-0.39, 0.29) is 12.4 Å². The summed E-state index contributed by atoms with van der Waals surface area (Å²) in [7, 11) is 0. The lowest BCUT2D eigenvalue weighted by Gasteiger charge is -2.24. The van der Waals surface area contributed by atoms with Gasteiger partial charge in [0.25, 0.3) is 0 Å². The summed E-state index contributed by atoms with van der Waals surface area (Å²) in [6, 6.07) is 7.14. The maximum Gasteiger partial charge on any atom is 0.319 e. The van der Waals surface area contributed by atoms with Crippen LogP contribution in [0, 0.1) is 5.41 Å². The van der Waals surface area contributed by atoms with Crippen LogP contribution in [0.5, 0.6) is 0 Å². The molecule has 4 heteroatoms. The van der Waals surface area contributed by atoms with E-state index in [1.165, 1.54) is 6.92 Å². The Labute approximate surface area is 112 Å². The van der Waals surface area contributed by atoms with Gasteiger partial charge in [-0.1, -0.05) is 23.7 Å². The third-order valence-electron chi connectivity index (χ3n) is 2.95. The molecule has 1 rings (SSSR count). The summed E-state index contributed by atoms with van der Waals surface area (Å²) in [6.45, 7) is 4.99. The summed E-state index contributed by atoms with van der Waals surface area (Å²) >= 11 is 5.89. The molecule has 0 spiro atoms. The minimum atomic E-state index is -1.15. The average molecular weight is 269 g/mol. The minimum absolute atomic E-state index is 0.207. The van der Waals surface area contributed by atoms with Crippen LogP contribution in [-0.4, -0.2) is 18.4 Å². The molecule has 0 radical (unpaired) electrons. The molecule has 1 unspecified atom stereocenters. The van der Waals surface area contributed by atoms with Crippen molar-refractivity contribution in [2.75, 3.05) is 6.61 Å². The zero-order valence-corrected chi connectivity index (χ0v) is 11.6. The number of hydrogen-bond donors (Lipinski definition) is 0. The van der Waals surface area contributed by atoms with Gasteiger partial charge >= 0.3 is 5.97 Å². The highest BCUT2D eigenvalue weighted by Crippen LogP contribution is 2.27. The monoisotopic (exact) mass is 268 g/mol. The summed E-state index contributed by atoms with van der Waals surface area (Å²) < 4.78 is 4.98. The highest BCUT2D eigenvalue weighted by molar-refractivity contribution is 6.30. The fraction of sp³-hybridized carbons (Fsp3) is 0.429. The van der Waals surface area contributed by atoms with Crippen LogP contribution in [0.15, 0.2) is 24.3 Å². The van der Waals surface area contributed by atoms with Crippen molar-refractivity contribution in [2.24, 2.45) is 5.41 Å². The highest BCUT2D eigenvalue weighted by atomic mass is 35.5. The first-order valence-electron chi connectivity index (χ1n) is 5.83. The Morgan fingerprint density at radius 3 is 2.56 bits per heavy atom. The second kappa shape index (κ2) is 6.01. The minimum Gasteiger partial charge on any atom is -0.465 e. The van der Waals surface area contributed by atoms with E-state index < -0.39 is 11.4 Å². The summed E-state index contributed by atoms with van der Waals surface area (Å²) in [4.78, 5) is 23.7. The van der Waals surface area contributed by atoms with Gasteiger partial charge in [-0.05, 0) is 44.9 Å². The lowest BCUT2D eigenvalue weighted by Crippen LogP contribution is -2.38. The molecule has 0 heterocycles. The van der Waals surface area contributed by atoms with Gasteiger partial charge in [-0.25, -0.2) is 0 Å². The van der Waals surface area contributed by atoms with E-state index in [0.717, 1.165) is 5.56 Å². The Hall–Kier alpha value is -1.35. The first-order valence-corrected chi connectivity index (χ1v) is 6.20. The third-order valence-corrected chi connectivity index (χ3v) is 3.18. The molecule has 0 aliphatic carbocycles. The molecule has 3 nitrogen and oxygen atoms in total. The van der Waals surface area contributed by atoms with Gasteiger partial charge in [0.1, 0.15) is 11.2 Å². The van der Waals surface area contributed by atoms with Crippen LogP contribution in [0.3, 0.4) is 0 Å². The summed E-state index contributed by atoms with van der Waals surface area (Å²) in [5, 5.41) is 0.585. The Morgan fingerprint density at radius 2 is 2.06 bits per heavy atom. The van der Waals surface area contributed by atoms with Gasteiger partial charge in [0.2, 0.25) is 0 Å². The van der Waals surface area contributed by atoms with Crippen LogP contribution in [0.25, 0.3) is 0 Å². The number of halogens is 1. The van der Waals surface area contributed by atoms with Crippen molar-refractivity contribution in [3.63, 3.8) is 0 Å². The number of ketones is 1. The number of carbonyl (C=O) groups excluding carboxylic acids is 2. The van der Waals surface area contributed by atoms with Crippen LogP contribution in [0.4, 0.5) is 0 Å². The molecule has 0 aromatic heterocycles. The predicted octanol–water partition coefficient (Wildman–Crippen LogP) is 3.04. The normalized spacial score (nSPS) is 13.8. The number of ether oxygens (including phenoxy) is 1. The van der Waals surface area contributed by atoms with E-state index >= 15 is 0 Å². The molecular weight excluding hydrogens is 252 g/mol. The molecule has 1 atom stereocenters. The Bertz CT molecular complexity index is 456. The predicted molar refractivity (Wildman–Crippen MR) is 70.6 cm³/mol. The molecule has 18 heavy (non-hydrogen) atoms. The third kappa shape index (κ3) is 3.33. The van der Waals surface area contributed by atoms with Gasteiger partial charge in [-0.15, -0.1) is 0 Å². The number of rotatable bonds is 5. The zero-order valence-electron chi connectivity index (χ0n) is 10.8. The molecule has 98 valence electrons. The number of benzene rings is 1. The van der Waals surface area contributed by atoms with Gasteiger partial charge in [0.15, 0.2) is 0 Å². The maximum absolute atomic E-state index is 11.9. The van der Waals surface area contributed by atoms with Crippen molar-refractivity contribution in [1.82, 2.24) is 0 Å². The number of carbonyl (C=O) groups is 2. The molecule has 0 N–H and O–H groups in total. The number of Topliss-reactive ketones (excluding diaryl/α,β-unsaturated/α-hetero) is 1. The van der Waals surface area contributed by atoms with Crippen molar-refractivity contribution in [2.45, 2.75) is 27.2 Å². The number of esters is 1. The molecule has 0 saturated carbocycles. The van der Waals surface area contributed by atoms with Crippen molar-refractivity contribution in [3.8, 4) is 0 Å². The molecule has 1 aromatic rings. The molecule has 0 amide bonds. The van der Waals surface area contributed by atoms with Crippen molar-refractivity contribution >= 4 is 23.4 Å². The van der Waals surface area contributed by atoms with Crippen molar-refractivity contribution in [3.05, 3.63) is 34.9 Å². The largest absolute Gasteiger partial charge is 0.465 e. The maximum atomic E-state index is 11.9. The van der Waals surface area contributed by atoms with E-state index in [2.05, 4.69) is 0 Å². The van der Waals surface area contributed by atoms with E-state index in [0.29, 0.717) is 11.4 Å². The van der Waals surface area contributed by atoms with Crippen LogP contribution in [0.2, 0.25) is 5.02 Å². The fourth-order valence-corrected chi connectivity index (χ4v) is 1.90. The Kier molecular flexibility index (Phi) is 4.91.